The second-order valence-corrected chi connectivity index (χ2v) is 6.60. The van der Waals surface area contributed by atoms with E-state index in [0.29, 0.717) is 12.8 Å². The molecule has 0 aromatic heterocycles. The van der Waals surface area contributed by atoms with Crippen LogP contribution in [0.4, 0.5) is 0 Å². The molecule has 1 atom stereocenters. The zero-order chi connectivity index (χ0) is 14.5. The third-order valence-corrected chi connectivity index (χ3v) is 4.56. The molecule has 3 nitrogen and oxygen atoms in total. The van der Waals surface area contributed by atoms with E-state index in [4.69, 9.17) is 0 Å². The zero-order valence-corrected chi connectivity index (χ0v) is 12.9. The SMILES string of the molecule is CCCC(C#N)(CCC)C(=O)NC1CCCC1(C)C. The number of hydrogen-bond acceptors (Lipinski definition) is 2. The summed E-state index contributed by atoms with van der Waals surface area (Å²) in [7, 11) is 0. The highest BCUT2D eigenvalue weighted by Crippen LogP contribution is 2.38. The van der Waals surface area contributed by atoms with Crippen molar-refractivity contribution >= 4 is 5.91 Å². The Hall–Kier alpha value is -1.04. The first-order valence-electron chi connectivity index (χ1n) is 7.64. The lowest BCUT2D eigenvalue weighted by atomic mass is 9.78. The van der Waals surface area contributed by atoms with Gasteiger partial charge in [-0.15, -0.1) is 0 Å². The molecule has 1 saturated carbocycles. The number of carbonyl (C=O) groups excluding carboxylic acids is 1. The van der Waals surface area contributed by atoms with Crippen LogP contribution in [0, 0.1) is 22.2 Å². The third kappa shape index (κ3) is 3.49. The molecule has 3 heteroatoms. The van der Waals surface area contributed by atoms with Crippen molar-refractivity contribution in [3.8, 4) is 6.07 Å². The molecule has 19 heavy (non-hydrogen) atoms. The normalized spacial score (nSPS) is 21.9. The summed E-state index contributed by atoms with van der Waals surface area (Å²) in [5, 5.41) is 12.7. The van der Waals surface area contributed by atoms with E-state index in [1.54, 1.807) is 0 Å². The number of nitrogens with zero attached hydrogens (tertiary/aromatic N) is 1. The van der Waals surface area contributed by atoms with Gasteiger partial charge in [-0.1, -0.05) is 47.0 Å². The molecule has 0 saturated heterocycles. The predicted molar refractivity (Wildman–Crippen MR) is 77.4 cm³/mol. The maximum atomic E-state index is 12.6. The quantitative estimate of drug-likeness (QED) is 0.793. The Morgan fingerprint density at radius 2 is 1.95 bits per heavy atom. The lowest BCUT2D eigenvalue weighted by Crippen LogP contribution is -2.48. The molecule has 0 aromatic rings. The highest BCUT2D eigenvalue weighted by molar-refractivity contribution is 5.85. The molecule has 1 N–H and O–H groups in total. The molecular formula is C16H28N2O. The van der Waals surface area contributed by atoms with Crippen molar-refractivity contribution in [2.24, 2.45) is 10.8 Å². The van der Waals surface area contributed by atoms with Gasteiger partial charge in [-0.3, -0.25) is 4.79 Å². The van der Waals surface area contributed by atoms with Gasteiger partial charge in [0.15, 0.2) is 0 Å². The summed E-state index contributed by atoms with van der Waals surface area (Å²) < 4.78 is 0. The van der Waals surface area contributed by atoms with E-state index < -0.39 is 5.41 Å². The molecule has 1 aliphatic carbocycles. The van der Waals surface area contributed by atoms with Gasteiger partial charge in [0, 0.05) is 6.04 Å². The first-order chi connectivity index (χ1) is 8.91. The molecule has 0 aliphatic heterocycles. The molecule has 0 bridgehead atoms. The Morgan fingerprint density at radius 3 is 2.32 bits per heavy atom. The van der Waals surface area contributed by atoms with Crippen LogP contribution in [0.5, 0.6) is 0 Å². The number of rotatable bonds is 6. The van der Waals surface area contributed by atoms with Crippen molar-refractivity contribution in [3.63, 3.8) is 0 Å². The first-order valence-corrected chi connectivity index (χ1v) is 7.64. The molecule has 0 radical (unpaired) electrons. The van der Waals surface area contributed by atoms with E-state index in [2.05, 4.69) is 25.2 Å². The standard InChI is InChI=1S/C16H28N2O/c1-5-9-16(12-17,10-6-2)14(19)18-13-8-7-11-15(13,3)4/h13H,5-11H2,1-4H3,(H,18,19). The fourth-order valence-corrected chi connectivity index (χ4v) is 3.26. The average molecular weight is 264 g/mol. The zero-order valence-electron chi connectivity index (χ0n) is 12.9. The lowest BCUT2D eigenvalue weighted by Gasteiger charge is -2.32. The van der Waals surface area contributed by atoms with Crippen molar-refractivity contribution < 1.29 is 4.79 Å². The maximum absolute atomic E-state index is 12.6. The maximum Gasteiger partial charge on any atom is 0.240 e. The molecule has 1 rings (SSSR count). The van der Waals surface area contributed by atoms with Gasteiger partial charge in [-0.05, 0) is 31.1 Å². The lowest BCUT2D eigenvalue weighted by molar-refractivity contribution is -0.130. The number of nitrogens with one attached hydrogen (secondary N) is 1. The van der Waals surface area contributed by atoms with Gasteiger partial charge < -0.3 is 5.32 Å². The van der Waals surface area contributed by atoms with E-state index >= 15 is 0 Å². The number of hydrogen-bond donors (Lipinski definition) is 1. The van der Waals surface area contributed by atoms with Crippen molar-refractivity contribution in [2.45, 2.75) is 78.7 Å². The van der Waals surface area contributed by atoms with Crippen molar-refractivity contribution in [2.75, 3.05) is 0 Å². The highest BCUT2D eigenvalue weighted by atomic mass is 16.2. The monoisotopic (exact) mass is 264 g/mol. The van der Waals surface area contributed by atoms with Crippen LogP contribution in [0.15, 0.2) is 0 Å². The van der Waals surface area contributed by atoms with Crippen molar-refractivity contribution in [1.29, 1.82) is 5.26 Å². The third-order valence-electron chi connectivity index (χ3n) is 4.56. The van der Waals surface area contributed by atoms with Crippen LogP contribution < -0.4 is 5.32 Å². The Balaban J connectivity index is 2.80. The van der Waals surface area contributed by atoms with Crippen LogP contribution in [0.25, 0.3) is 0 Å². The van der Waals surface area contributed by atoms with Crippen LogP contribution >= 0.6 is 0 Å². The highest BCUT2D eigenvalue weighted by Gasteiger charge is 2.42. The fraction of sp³-hybridized carbons (Fsp3) is 0.875. The summed E-state index contributed by atoms with van der Waals surface area (Å²) in [6, 6.07) is 2.53. The van der Waals surface area contributed by atoms with E-state index in [1.165, 1.54) is 6.42 Å². The Kier molecular flexibility index (Phi) is 5.40. The van der Waals surface area contributed by atoms with Gasteiger partial charge in [-0.25, -0.2) is 0 Å². The van der Waals surface area contributed by atoms with Crippen LogP contribution in [0.2, 0.25) is 0 Å². The van der Waals surface area contributed by atoms with E-state index in [-0.39, 0.29) is 17.4 Å². The molecule has 1 amide bonds. The number of carbonyl (C=O) groups is 1. The molecule has 0 aromatic carbocycles. The number of amides is 1. The summed E-state index contributed by atoms with van der Waals surface area (Å²) in [6.45, 7) is 8.49. The van der Waals surface area contributed by atoms with Gasteiger partial charge in [0.25, 0.3) is 0 Å². The van der Waals surface area contributed by atoms with Gasteiger partial charge in [0.05, 0.1) is 6.07 Å². The van der Waals surface area contributed by atoms with E-state index in [9.17, 15) is 10.1 Å². The molecular weight excluding hydrogens is 236 g/mol. The molecule has 108 valence electrons. The smallest absolute Gasteiger partial charge is 0.240 e. The molecule has 0 heterocycles. The second kappa shape index (κ2) is 6.41. The summed E-state index contributed by atoms with van der Waals surface area (Å²) >= 11 is 0. The second-order valence-electron chi connectivity index (χ2n) is 6.60. The minimum Gasteiger partial charge on any atom is -0.351 e. The van der Waals surface area contributed by atoms with Gasteiger partial charge in [0.2, 0.25) is 5.91 Å². The first kappa shape index (κ1) is 16.0. The van der Waals surface area contributed by atoms with Gasteiger partial charge in [0.1, 0.15) is 5.41 Å². The summed E-state index contributed by atoms with van der Waals surface area (Å²) in [5.74, 6) is -0.0429. The minimum absolute atomic E-state index is 0.0429. The fourth-order valence-electron chi connectivity index (χ4n) is 3.26. The van der Waals surface area contributed by atoms with E-state index in [0.717, 1.165) is 25.7 Å². The topological polar surface area (TPSA) is 52.9 Å². The van der Waals surface area contributed by atoms with Gasteiger partial charge >= 0.3 is 0 Å². The Labute approximate surface area is 117 Å². The average Bonchev–Trinajstić information content (AvgIpc) is 2.68. The molecule has 0 spiro atoms. The van der Waals surface area contributed by atoms with Gasteiger partial charge in [-0.2, -0.15) is 5.26 Å². The molecule has 1 fully saturated rings. The largest absolute Gasteiger partial charge is 0.351 e. The Morgan fingerprint density at radius 1 is 1.37 bits per heavy atom. The van der Waals surface area contributed by atoms with E-state index in [1.807, 2.05) is 13.8 Å². The van der Waals surface area contributed by atoms with Crippen LogP contribution in [0.1, 0.15) is 72.6 Å². The minimum atomic E-state index is -0.817. The molecule has 1 aliphatic rings. The van der Waals surface area contributed by atoms with Crippen LogP contribution in [-0.4, -0.2) is 11.9 Å². The summed E-state index contributed by atoms with van der Waals surface area (Å²) in [6.07, 6.45) is 6.42. The predicted octanol–water partition coefficient (Wildman–Crippen LogP) is 3.79. The number of nitriles is 1. The van der Waals surface area contributed by atoms with Crippen molar-refractivity contribution in [1.82, 2.24) is 5.32 Å². The van der Waals surface area contributed by atoms with Crippen LogP contribution in [-0.2, 0) is 4.79 Å². The Bertz CT molecular complexity index is 348. The summed E-state index contributed by atoms with van der Waals surface area (Å²) in [4.78, 5) is 12.6. The molecule has 1 unspecified atom stereocenters. The van der Waals surface area contributed by atoms with Crippen LogP contribution in [0.3, 0.4) is 0 Å². The summed E-state index contributed by atoms with van der Waals surface area (Å²) in [5.41, 5.74) is -0.655. The van der Waals surface area contributed by atoms with Crippen molar-refractivity contribution in [3.05, 3.63) is 0 Å².